The van der Waals surface area contributed by atoms with E-state index in [2.05, 4.69) is 10.1 Å². The lowest BCUT2D eigenvalue weighted by Gasteiger charge is -2.26. The smallest absolute Gasteiger partial charge is 0.410 e. The van der Waals surface area contributed by atoms with E-state index in [0.29, 0.717) is 19.6 Å². The molecule has 0 saturated heterocycles. The van der Waals surface area contributed by atoms with Crippen molar-refractivity contribution >= 4 is 30.0 Å². The van der Waals surface area contributed by atoms with Crippen molar-refractivity contribution < 1.29 is 38.2 Å². The molecule has 0 heterocycles. The molecule has 0 spiro atoms. The third kappa shape index (κ3) is 27.4. The quantitative estimate of drug-likeness (QED) is 0.318. The van der Waals surface area contributed by atoms with Crippen LogP contribution in [0.3, 0.4) is 0 Å². The largest absolute Gasteiger partial charge is 0.444 e. The molecule has 0 bridgehead atoms. The highest BCUT2D eigenvalue weighted by molar-refractivity contribution is 5.82. The number of rotatable bonds is 6. The minimum Gasteiger partial charge on any atom is -0.444 e. The second kappa shape index (κ2) is 18.4. The number of hydrogen-bond donors (Lipinski definition) is 1. The van der Waals surface area contributed by atoms with Crippen LogP contribution in [0.4, 0.5) is 9.59 Å². The van der Waals surface area contributed by atoms with Crippen LogP contribution >= 0.6 is 0 Å². The Labute approximate surface area is 216 Å². The standard InChI is InChI=1S/C11H22N2O3.C9H20N2O2.C4H6O3/c1-9(14)12(5)7-8-13(6)10(15)16-11(2,3)4;1-9(2,3)13-8(12)11(5)7-6-10-4;1-3(5)7-4(2)6/h7-8H2,1-6H3;10H,6-7H2,1-5H3;1-2H3. The van der Waals surface area contributed by atoms with Gasteiger partial charge in [0.1, 0.15) is 11.2 Å². The van der Waals surface area contributed by atoms with E-state index in [0.717, 1.165) is 6.54 Å². The Morgan fingerprint density at radius 1 is 0.639 bits per heavy atom. The van der Waals surface area contributed by atoms with E-state index in [9.17, 15) is 24.0 Å². The Morgan fingerprint density at radius 2 is 0.972 bits per heavy atom. The lowest BCUT2D eigenvalue weighted by molar-refractivity contribution is -0.156. The molecule has 0 aromatic heterocycles. The molecule has 12 heteroatoms. The average Bonchev–Trinajstić information content (AvgIpc) is 2.67. The fraction of sp³-hybridized carbons (Fsp3) is 0.792. The van der Waals surface area contributed by atoms with E-state index in [1.807, 2.05) is 48.6 Å². The first-order valence-corrected chi connectivity index (χ1v) is 11.6. The summed E-state index contributed by atoms with van der Waals surface area (Å²) in [6, 6.07) is 0. The van der Waals surface area contributed by atoms with Crippen LogP contribution in [0, 0.1) is 0 Å². The Kier molecular flexibility index (Phi) is 19.2. The number of esters is 2. The van der Waals surface area contributed by atoms with Gasteiger partial charge in [0.15, 0.2) is 0 Å². The molecule has 0 fully saturated rings. The maximum atomic E-state index is 11.5. The first kappa shape index (κ1) is 37.7. The van der Waals surface area contributed by atoms with E-state index in [4.69, 9.17) is 9.47 Å². The van der Waals surface area contributed by atoms with Gasteiger partial charge in [-0.05, 0) is 48.6 Å². The van der Waals surface area contributed by atoms with Gasteiger partial charge in [-0.15, -0.1) is 0 Å². The summed E-state index contributed by atoms with van der Waals surface area (Å²) in [5, 5.41) is 2.97. The molecule has 0 atom stereocenters. The molecule has 0 saturated carbocycles. The highest BCUT2D eigenvalue weighted by Crippen LogP contribution is 2.09. The first-order chi connectivity index (χ1) is 16.1. The van der Waals surface area contributed by atoms with Crippen LogP contribution in [0.1, 0.15) is 62.3 Å². The number of likely N-dealkylation sites (N-methyl/N-ethyl adjacent to an activating group) is 4. The zero-order valence-corrected chi connectivity index (χ0v) is 24.4. The summed E-state index contributed by atoms with van der Waals surface area (Å²) in [6.45, 7) is 17.3. The molecule has 0 aliphatic heterocycles. The van der Waals surface area contributed by atoms with Gasteiger partial charge in [0.25, 0.3) is 0 Å². The number of nitrogens with zero attached hydrogens (tertiary/aromatic N) is 3. The third-order valence-corrected chi connectivity index (χ3v) is 3.70. The molecular weight excluding hydrogens is 472 g/mol. The Hall–Kier alpha value is -2.89. The summed E-state index contributed by atoms with van der Waals surface area (Å²) in [5.41, 5.74) is -0.900. The summed E-state index contributed by atoms with van der Waals surface area (Å²) in [5.74, 6) is -1.14. The third-order valence-electron chi connectivity index (χ3n) is 3.70. The van der Waals surface area contributed by atoms with Crippen LogP contribution in [-0.4, -0.2) is 110 Å². The molecule has 0 aliphatic carbocycles. The Morgan fingerprint density at radius 3 is 1.22 bits per heavy atom. The lowest BCUT2D eigenvalue weighted by atomic mass is 10.2. The number of nitrogens with one attached hydrogen (secondary N) is 1. The number of carbonyl (C=O) groups excluding carboxylic acids is 5. The molecule has 0 aliphatic rings. The van der Waals surface area contributed by atoms with Gasteiger partial charge in [0.05, 0.1) is 0 Å². The van der Waals surface area contributed by atoms with Gasteiger partial charge in [-0.3, -0.25) is 14.4 Å². The van der Waals surface area contributed by atoms with Crippen molar-refractivity contribution in [2.24, 2.45) is 0 Å². The van der Waals surface area contributed by atoms with Gasteiger partial charge in [-0.2, -0.15) is 0 Å². The van der Waals surface area contributed by atoms with Gasteiger partial charge in [-0.1, -0.05) is 0 Å². The van der Waals surface area contributed by atoms with Crippen molar-refractivity contribution in [1.82, 2.24) is 20.0 Å². The predicted octanol–water partition coefficient (Wildman–Crippen LogP) is 2.50. The normalized spacial score (nSPS) is 10.4. The monoisotopic (exact) mass is 520 g/mol. The highest BCUT2D eigenvalue weighted by atomic mass is 16.6. The summed E-state index contributed by atoms with van der Waals surface area (Å²) in [6.07, 6.45) is -0.646. The van der Waals surface area contributed by atoms with E-state index in [1.165, 1.54) is 25.7 Å². The van der Waals surface area contributed by atoms with Gasteiger partial charge in [0.2, 0.25) is 5.91 Å². The van der Waals surface area contributed by atoms with Crippen LogP contribution in [0.15, 0.2) is 0 Å². The van der Waals surface area contributed by atoms with Crippen LogP contribution in [-0.2, 0) is 28.6 Å². The lowest BCUT2D eigenvalue weighted by Crippen LogP contribution is -2.39. The van der Waals surface area contributed by atoms with E-state index >= 15 is 0 Å². The van der Waals surface area contributed by atoms with Crippen LogP contribution < -0.4 is 5.32 Å². The molecule has 0 aromatic rings. The van der Waals surface area contributed by atoms with Crippen LogP contribution in [0.5, 0.6) is 0 Å². The van der Waals surface area contributed by atoms with Crippen molar-refractivity contribution in [2.45, 2.75) is 73.5 Å². The van der Waals surface area contributed by atoms with Crippen molar-refractivity contribution in [1.29, 1.82) is 0 Å². The van der Waals surface area contributed by atoms with Crippen molar-refractivity contribution in [2.75, 3.05) is 54.4 Å². The summed E-state index contributed by atoms with van der Waals surface area (Å²) >= 11 is 0. The fourth-order valence-corrected chi connectivity index (χ4v) is 1.80. The van der Waals surface area contributed by atoms with Crippen molar-refractivity contribution in [3.63, 3.8) is 0 Å². The SMILES string of the molecule is CC(=O)N(C)CCN(C)C(=O)OC(C)(C)C.CC(=O)OC(C)=O.CNCCN(C)C(=O)OC(C)(C)C. The van der Waals surface area contributed by atoms with Gasteiger partial charge in [0, 0.05) is 68.1 Å². The second-order valence-corrected chi connectivity index (χ2v) is 9.93. The van der Waals surface area contributed by atoms with Crippen LogP contribution in [0.25, 0.3) is 0 Å². The van der Waals surface area contributed by atoms with Gasteiger partial charge >= 0.3 is 24.1 Å². The van der Waals surface area contributed by atoms with Crippen molar-refractivity contribution in [3.8, 4) is 0 Å². The number of hydrogen-bond acceptors (Lipinski definition) is 9. The maximum absolute atomic E-state index is 11.5. The highest BCUT2D eigenvalue weighted by Gasteiger charge is 2.20. The zero-order chi connectivity index (χ0) is 29.3. The van der Waals surface area contributed by atoms with Gasteiger partial charge < -0.3 is 34.2 Å². The summed E-state index contributed by atoms with van der Waals surface area (Å²) < 4.78 is 14.3. The van der Waals surface area contributed by atoms with E-state index in [-0.39, 0.29) is 18.1 Å². The maximum Gasteiger partial charge on any atom is 0.410 e. The summed E-state index contributed by atoms with van der Waals surface area (Å²) in [4.78, 5) is 58.0. The first-order valence-electron chi connectivity index (χ1n) is 11.6. The average molecular weight is 521 g/mol. The van der Waals surface area contributed by atoms with E-state index in [1.54, 1.807) is 30.9 Å². The molecule has 0 rings (SSSR count). The minimum absolute atomic E-state index is 0.0161. The molecule has 0 unspecified atom stereocenters. The molecule has 1 N–H and O–H groups in total. The molecule has 0 aromatic carbocycles. The Bertz CT molecular complexity index is 687. The fourth-order valence-electron chi connectivity index (χ4n) is 1.80. The Balaban J connectivity index is -0.000000488. The molecule has 212 valence electrons. The van der Waals surface area contributed by atoms with Gasteiger partial charge in [-0.25, -0.2) is 9.59 Å². The summed E-state index contributed by atoms with van der Waals surface area (Å²) in [7, 11) is 6.93. The molecule has 36 heavy (non-hydrogen) atoms. The number of carbonyl (C=O) groups is 5. The number of amides is 3. The van der Waals surface area contributed by atoms with Crippen LogP contribution in [0.2, 0.25) is 0 Å². The number of ether oxygens (including phenoxy) is 3. The topological polar surface area (TPSA) is 135 Å². The second-order valence-electron chi connectivity index (χ2n) is 9.93. The minimum atomic E-state index is -0.562. The zero-order valence-electron chi connectivity index (χ0n) is 24.4. The molecule has 3 amide bonds. The predicted molar refractivity (Wildman–Crippen MR) is 137 cm³/mol. The van der Waals surface area contributed by atoms with Crippen molar-refractivity contribution in [3.05, 3.63) is 0 Å². The molecule has 12 nitrogen and oxygen atoms in total. The molecular formula is C24H48N4O8. The van der Waals surface area contributed by atoms with E-state index < -0.39 is 23.1 Å². The molecule has 0 radical (unpaired) electrons.